The minimum absolute atomic E-state index is 0.0733. The Kier molecular flexibility index (Phi) is 4.78. The molecule has 0 saturated carbocycles. The molecular weight excluding hydrogens is 351 g/mol. The number of fused-ring (bicyclic) bond motifs is 1. The molecule has 0 amide bonds. The van der Waals surface area contributed by atoms with Gasteiger partial charge in [0, 0.05) is 28.6 Å². The zero-order valence-corrected chi connectivity index (χ0v) is 14.4. The normalized spacial score (nSPS) is 13.8. The summed E-state index contributed by atoms with van der Waals surface area (Å²) in [6.07, 6.45) is 1.48. The molecule has 0 aliphatic heterocycles. The minimum Gasteiger partial charge on any atom is -0.269 e. The number of halogens is 2. The number of rotatable bonds is 4. The van der Waals surface area contributed by atoms with Crippen LogP contribution in [0.25, 0.3) is 5.65 Å². The van der Waals surface area contributed by atoms with Gasteiger partial charge in [0.25, 0.3) is 5.56 Å². The lowest BCUT2D eigenvalue weighted by molar-refractivity contribution is 0.606. The van der Waals surface area contributed by atoms with Crippen LogP contribution in [0.1, 0.15) is 23.4 Å². The largest absolute Gasteiger partial charge is 0.269 e. The molecule has 0 radical (unpaired) electrons. The summed E-state index contributed by atoms with van der Waals surface area (Å²) in [5.41, 5.74) is 0.925. The van der Waals surface area contributed by atoms with Crippen molar-refractivity contribution >= 4 is 28.0 Å². The second kappa shape index (κ2) is 6.83. The predicted octanol–water partition coefficient (Wildman–Crippen LogP) is 3.50. The van der Waals surface area contributed by atoms with Crippen LogP contribution in [0.2, 0.25) is 5.02 Å². The zero-order valence-electron chi connectivity index (χ0n) is 12.8. The quantitative estimate of drug-likeness (QED) is 0.712. The first-order valence-corrected chi connectivity index (χ1v) is 9.01. The smallest absolute Gasteiger partial charge is 0.258 e. The van der Waals surface area contributed by atoms with Gasteiger partial charge in [0.2, 0.25) is 0 Å². The van der Waals surface area contributed by atoms with Crippen LogP contribution in [0, 0.1) is 5.82 Å². The molecule has 0 spiro atoms. The molecule has 0 unspecified atom stereocenters. The van der Waals surface area contributed by atoms with Crippen LogP contribution >= 0.6 is 11.6 Å². The van der Waals surface area contributed by atoms with Crippen molar-refractivity contribution in [3.8, 4) is 0 Å². The van der Waals surface area contributed by atoms with E-state index in [1.807, 2.05) is 0 Å². The van der Waals surface area contributed by atoms with Gasteiger partial charge in [0.15, 0.2) is 0 Å². The average molecular weight is 365 g/mol. The van der Waals surface area contributed by atoms with Crippen LogP contribution in [-0.2, 0) is 16.6 Å². The van der Waals surface area contributed by atoms with E-state index < -0.39 is 16.0 Å². The van der Waals surface area contributed by atoms with Gasteiger partial charge in [-0.3, -0.25) is 13.4 Å². The number of pyridine rings is 1. The third-order valence-electron chi connectivity index (χ3n) is 3.70. The highest BCUT2D eigenvalue weighted by atomic mass is 35.5. The highest BCUT2D eigenvalue weighted by Crippen LogP contribution is 2.23. The number of hydrogen-bond acceptors (Lipinski definition) is 3. The Morgan fingerprint density at radius 2 is 2.04 bits per heavy atom. The van der Waals surface area contributed by atoms with E-state index in [1.165, 1.54) is 22.7 Å². The minimum atomic E-state index is -1.41. The van der Waals surface area contributed by atoms with E-state index in [0.29, 0.717) is 21.9 Å². The van der Waals surface area contributed by atoms with Crippen LogP contribution in [0.3, 0.4) is 0 Å². The maximum atomic E-state index is 13.8. The summed E-state index contributed by atoms with van der Waals surface area (Å²) >= 11 is 5.87. The molecule has 0 fully saturated rings. The van der Waals surface area contributed by atoms with Gasteiger partial charge in [-0.1, -0.05) is 29.8 Å². The molecule has 0 aliphatic carbocycles. The van der Waals surface area contributed by atoms with Crippen molar-refractivity contribution in [2.75, 3.05) is 0 Å². The SMILES string of the molecule is C[C@@H](c1ccccc1F)[S@](=O)Cc1cc(=O)n2cc(Cl)ccc2n1. The van der Waals surface area contributed by atoms with Crippen molar-refractivity contribution in [3.05, 3.63) is 81.1 Å². The summed E-state index contributed by atoms with van der Waals surface area (Å²) in [4.78, 5) is 16.5. The molecule has 7 heteroatoms. The Balaban J connectivity index is 1.89. The Labute approximate surface area is 145 Å². The molecule has 1 aromatic carbocycles. The molecule has 2 heterocycles. The van der Waals surface area contributed by atoms with Gasteiger partial charge in [-0.2, -0.15) is 0 Å². The summed E-state index contributed by atoms with van der Waals surface area (Å²) in [7, 11) is -1.41. The highest BCUT2D eigenvalue weighted by molar-refractivity contribution is 7.84. The van der Waals surface area contributed by atoms with E-state index >= 15 is 0 Å². The summed E-state index contributed by atoms with van der Waals surface area (Å²) < 4.78 is 27.7. The molecular formula is C17H14ClFN2O2S. The Morgan fingerprint density at radius 1 is 1.29 bits per heavy atom. The van der Waals surface area contributed by atoms with E-state index in [2.05, 4.69) is 4.98 Å². The molecule has 2 aromatic heterocycles. The molecule has 2 atom stereocenters. The van der Waals surface area contributed by atoms with Gasteiger partial charge in [-0.05, 0) is 25.1 Å². The van der Waals surface area contributed by atoms with Gasteiger partial charge in [0.1, 0.15) is 11.5 Å². The second-order valence-corrected chi connectivity index (χ2v) is 7.54. The van der Waals surface area contributed by atoms with E-state index in [1.54, 1.807) is 37.3 Å². The Bertz CT molecular complexity index is 990. The first kappa shape index (κ1) is 16.8. The van der Waals surface area contributed by atoms with Crippen molar-refractivity contribution in [2.45, 2.75) is 17.9 Å². The van der Waals surface area contributed by atoms with Crippen LogP contribution in [0.4, 0.5) is 4.39 Å². The van der Waals surface area contributed by atoms with Crippen molar-refractivity contribution in [1.82, 2.24) is 9.38 Å². The first-order valence-electron chi connectivity index (χ1n) is 7.25. The highest BCUT2D eigenvalue weighted by Gasteiger charge is 2.18. The lowest BCUT2D eigenvalue weighted by atomic mass is 10.1. The number of hydrogen-bond donors (Lipinski definition) is 0. The third kappa shape index (κ3) is 3.39. The summed E-state index contributed by atoms with van der Waals surface area (Å²) in [6, 6.07) is 10.8. The first-order chi connectivity index (χ1) is 11.5. The van der Waals surface area contributed by atoms with E-state index in [9.17, 15) is 13.4 Å². The topological polar surface area (TPSA) is 51.4 Å². The van der Waals surface area contributed by atoms with Crippen molar-refractivity contribution in [2.24, 2.45) is 0 Å². The zero-order chi connectivity index (χ0) is 17.3. The van der Waals surface area contributed by atoms with Crippen LogP contribution < -0.4 is 5.56 Å². The number of nitrogens with zero attached hydrogens (tertiary/aromatic N) is 2. The number of benzene rings is 1. The molecule has 3 aromatic rings. The molecule has 0 N–H and O–H groups in total. The molecule has 0 saturated heterocycles. The fourth-order valence-electron chi connectivity index (χ4n) is 2.42. The molecule has 24 heavy (non-hydrogen) atoms. The van der Waals surface area contributed by atoms with E-state index in [4.69, 9.17) is 11.6 Å². The predicted molar refractivity (Wildman–Crippen MR) is 93.1 cm³/mol. The van der Waals surface area contributed by atoms with Crippen LogP contribution in [-0.4, -0.2) is 13.6 Å². The fraction of sp³-hybridized carbons (Fsp3) is 0.176. The lowest BCUT2D eigenvalue weighted by Crippen LogP contribution is -2.17. The van der Waals surface area contributed by atoms with Gasteiger partial charge in [-0.15, -0.1) is 0 Å². The van der Waals surface area contributed by atoms with Gasteiger partial charge in [-0.25, -0.2) is 9.37 Å². The fourth-order valence-corrected chi connectivity index (χ4v) is 3.74. The monoisotopic (exact) mass is 364 g/mol. The average Bonchev–Trinajstić information content (AvgIpc) is 2.55. The van der Waals surface area contributed by atoms with Gasteiger partial charge < -0.3 is 0 Å². The standard InChI is InChI=1S/C17H14ClFN2O2S/c1-11(14-4-2-3-5-15(14)19)24(23)10-13-8-17(22)21-9-12(18)6-7-16(21)20-13/h2-9,11H,10H2,1H3/t11-,24+/m0/s1. The van der Waals surface area contributed by atoms with Gasteiger partial charge >= 0.3 is 0 Å². The van der Waals surface area contributed by atoms with Crippen LogP contribution in [0.15, 0.2) is 53.5 Å². The number of aromatic nitrogens is 2. The van der Waals surface area contributed by atoms with Gasteiger partial charge in [0.05, 0.1) is 21.7 Å². The maximum absolute atomic E-state index is 13.8. The lowest BCUT2D eigenvalue weighted by Gasteiger charge is -2.12. The summed E-state index contributed by atoms with van der Waals surface area (Å²) in [5.74, 6) is -0.316. The van der Waals surface area contributed by atoms with Crippen molar-refractivity contribution in [1.29, 1.82) is 0 Å². The van der Waals surface area contributed by atoms with E-state index in [-0.39, 0.29) is 17.1 Å². The Hall–Kier alpha value is -2.05. The van der Waals surface area contributed by atoms with Crippen molar-refractivity contribution < 1.29 is 8.60 Å². The molecule has 0 aliphatic rings. The third-order valence-corrected chi connectivity index (χ3v) is 5.55. The van der Waals surface area contributed by atoms with Crippen molar-refractivity contribution in [3.63, 3.8) is 0 Å². The Morgan fingerprint density at radius 3 is 2.79 bits per heavy atom. The molecule has 124 valence electrons. The molecule has 0 bridgehead atoms. The maximum Gasteiger partial charge on any atom is 0.258 e. The molecule has 3 rings (SSSR count). The van der Waals surface area contributed by atoms with E-state index in [0.717, 1.165) is 0 Å². The van der Waals surface area contributed by atoms with Crippen LogP contribution in [0.5, 0.6) is 0 Å². The second-order valence-electron chi connectivity index (χ2n) is 5.35. The molecule has 4 nitrogen and oxygen atoms in total. The summed E-state index contributed by atoms with van der Waals surface area (Å²) in [6.45, 7) is 1.70. The summed E-state index contributed by atoms with van der Waals surface area (Å²) in [5, 5.41) is -0.0763.